The molecule has 42 heavy (non-hydrogen) atoms. The Bertz CT molecular complexity index is 1420. The van der Waals surface area contributed by atoms with Gasteiger partial charge < -0.3 is 19.7 Å². The number of halogens is 2. The second kappa shape index (κ2) is 15.5. The van der Waals surface area contributed by atoms with E-state index in [2.05, 4.69) is 10.0 Å². The van der Waals surface area contributed by atoms with Crippen LogP contribution in [0, 0.1) is 5.82 Å². The molecule has 0 saturated heterocycles. The summed E-state index contributed by atoms with van der Waals surface area (Å²) < 4.78 is 52.0. The molecule has 0 radical (unpaired) electrons. The Kier molecular flexibility index (Phi) is 12.1. The number of hydrogen-bond donors (Lipinski definition) is 2. The van der Waals surface area contributed by atoms with Crippen molar-refractivity contribution in [2.24, 2.45) is 0 Å². The molecule has 0 heterocycles. The second-order valence-electron chi connectivity index (χ2n) is 9.76. The Morgan fingerprint density at radius 1 is 0.952 bits per heavy atom. The van der Waals surface area contributed by atoms with E-state index in [1.165, 1.54) is 41.3 Å². The lowest BCUT2D eigenvalue weighted by atomic mass is 10.1. The Labute approximate surface area is 251 Å². The van der Waals surface area contributed by atoms with Crippen molar-refractivity contribution in [3.63, 3.8) is 0 Å². The van der Waals surface area contributed by atoms with Crippen LogP contribution in [0.5, 0.6) is 5.75 Å². The number of sulfonamides is 1. The molecule has 12 heteroatoms. The summed E-state index contributed by atoms with van der Waals surface area (Å²) >= 11 is 6.00. The van der Waals surface area contributed by atoms with E-state index >= 15 is 0 Å². The normalized spacial score (nSPS) is 12.0. The van der Waals surface area contributed by atoms with Gasteiger partial charge in [0.25, 0.3) is 15.9 Å². The molecule has 2 N–H and O–H groups in total. The molecule has 3 aromatic carbocycles. The second-order valence-corrected chi connectivity index (χ2v) is 11.9. The van der Waals surface area contributed by atoms with E-state index in [0.717, 1.165) is 17.7 Å². The van der Waals surface area contributed by atoms with Gasteiger partial charge in [0, 0.05) is 30.4 Å². The lowest BCUT2D eigenvalue weighted by molar-refractivity contribution is -0.142. The van der Waals surface area contributed by atoms with Gasteiger partial charge in [0.2, 0.25) is 5.91 Å². The first-order valence-corrected chi connectivity index (χ1v) is 15.2. The minimum absolute atomic E-state index is 0.0426. The van der Waals surface area contributed by atoms with Crippen LogP contribution in [-0.4, -0.2) is 57.0 Å². The zero-order valence-corrected chi connectivity index (χ0v) is 25.3. The fourth-order valence-electron chi connectivity index (χ4n) is 3.79. The van der Waals surface area contributed by atoms with Gasteiger partial charge in [-0.25, -0.2) is 12.8 Å². The lowest BCUT2D eigenvalue weighted by Gasteiger charge is -2.28. The predicted molar refractivity (Wildman–Crippen MR) is 159 cm³/mol. The monoisotopic (exact) mass is 619 g/mol. The first-order chi connectivity index (χ1) is 19.9. The molecule has 0 unspecified atom stereocenters. The van der Waals surface area contributed by atoms with Gasteiger partial charge in [-0.15, -0.1) is 0 Å². The van der Waals surface area contributed by atoms with Crippen LogP contribution in [-0.2, 0) is 30.9 Å². The third kappa shape index (κ3) is 10.3. The quantitative estimate of drug-likeness (QED) is 0.231. The van der Waals surface area contributed by atoms with Crippen molar-refractivity contribution >= 4 is 39.1 Å². The highest BCUT2D eigenvalue weighted by atomic mass is 35.5. The fraction of sp³-hybridized carbons (Fsp3) is 0.333. The molecule has 0 aliphatic carbocycles. The summed E-state index contributed by atoms with van der Waals surface area (Å²) in [5, 5.41) is 3.39. The number of carbonyl (C=O) groups excluding carboxylic acids is 2. The summed E-state index contributed by atoms with van der Waals surface area (Å²) in [5.74, 6) is -0.976. The van der Waals surface area contributed by atoms with Gasteiger partial charge in [-0.2, -0.15) is 0 Å². The van der Waals surface area contributed by atoms with E-state index in [0.29, 0.717) is 24.6 Å². The van der Waals surface area contributed by atoms with E-state index in [-0.39, 0.29) is 41.5 Å². The molecule has 0 fully saturated rings. The van der Waals surface area contributed by atoms with Crippen molar-refractivity contribution in [3.8, 4) is 5.75 Å². The SMILES string of the molecule is CC(C)OCCCNC(=O)[C@H](C)N(Cc1ccc(Cl)cc1)C(=O)COc1ccc(S(=O)(=O)Nc2ccc(F)cc2)cc1. The van der Waals surface area contributed by atoms with Gasteiger partial charge in [0.15, 0.2) is 6.61 Å². The van der Waals surface area contributed by atoms with Gasteiger partial charge in [0.05, 0.1) is 11.0 Å². The van der Waals surface area contributed by atoms with Crippen molar-refractivity contribution < 1.29 is 31.9 Å². The summed E-state index contributed by atoms with van der Waals surface area (Å²) in [6.07, 6.45) is 0.738. The van der Waals surface area contributed by atoms with Crippen molar-refractivity contribution in [1.29, 1.82) is 0 Å². The first kappa shape index (κ1) is 32.8. The molecule has 3 aromatic rings. The van der Waals surface area contributed by atoms with Crippen LogP contribution >= 0.6 is 11.6 Å². The number of ether oxygens (including phenoxy) is 2. The highest BCUT2D eigenvalue weighted by molar-refractivity contribution is 7.92. The average molecular weight is 620 g/mol. The maximum absolute atomic E-state index is 13.3. The summed E-state index contributed by atoms with van der Waals surface area (Å²) in [4.78, 5) is 27.5. The van der Waals surface area contributed by atoms with E-state index in [9.17, 15) is 22.4 Å². The molecule has 0 aromatic heterocycles. The highest BCUT2D eigenvalue weighted by Gasteiger charge is 2.26. The molecule has 1 atom stereocenters. The van der Waals surface area contributed by atoms with Crippen LogP contribution < -0.4 is 14.8 Å². The maximum atomic E-state index is 13.3. The Morgan fingerprint density at radius 2 is 1.60 bits per heavy atom. The van der Waals surface area contributed by atoms with Crippen LogP contribution in [0.2, 0.25) is 5.02 Å². The molecular weight excluding hydrogens is 585 g/mol. The zero-order chi connectivity index (χ0) is 30.7. The van der Waals surface area contributed by atoms with Crippen molar-refractivity contribution in [1.82, 2.24) is 10.2 Å². The van der Waals surface area contributed by atoms with Crippen molar-refractivity contribution in [2.75, 3.05) is 24.5 Å². The van der Waals surface area contributed by atoms with Crippen molar-refractivity contribution in [3.05, 3.63) is 89.2 Å². The lowest BCUT2D eigenvalue weighted by Crippen LogP contribution is -2.49. The zero-order valence-electron chi connectivity index (χ0n) is 23.7. The summed E-state index contributed by atoms with van der Waals surface area (Å²) in [5.41, 5.74) is 0.992. The van der Waals surface area contributed by atoms with E-state index in [4.69, 9.17) is 21.1 Å². The smallest absolute Gasteiger partial charge is 0.261 e. The molecule has 2 amide bonds. The minimum Gasteiger partial charge on any atom is -0.484 e. The molecule has 0 spiro atoms. The van der Waals surface area contributed by atoms with Crippen molar-refractivity contribution in [2.45, 2.75) is 50.8 Å². The van der Waals surface area contributed by atoms with Crippen LogP contribution in [0.3, 0.4) is 0 Å². The summed E-state index contributed by atoms with van der Waals surface area (Å²) in [6.45, 7) is 6.20. The molecule has 3 rings (SSSR count). The maximum Gasteiger partial charge on any atom is 0.261 e. The number of amides is 2. The molecule has 0 bridgehead atoms. The first-order valence-electron chi connectivity index (χ1n) is 13.4. The van der Waals surface area contributed by atoms with Gasteiger partial charge in [-0.1, -0.05) is 23.7 Å². The van der Waals surface area contributed by atoms with E-state index < -0.39 is 27.8 Å². The third-order valence-electron chi connectivity index (χ3n) is 6.10. The molecule has 0 aliphatic heterocycles. The Hall–Kier alpha value is -3.67. The number of nitrogens with one attached hydrogen (secondary N) is 2. The number of nitrogens with zero attached hydrogens (tertiary/aromatic N) is 1. The van der Waals surface area contributed by atoms with Crippen LogP contribution in [0.25, 0.3) is 0 Å². The number of carbonyl (C=O) groups is 2. The molecule has 9 nitrogen and oxygen atoms in total. The number of anilines is 1. The van der Waals surface area contributed by atoms with E-state index in [1.54, 1.807) is 31.2 Å². The molecule has 0 saturated carbocycles. The molecular formula is C30H35ClFN3O6S. The van der Waals surface area contributed by atoms with Gasteiger partial charge >= 0.3 is 0 Å². The minimum atomic E-state index is -3.93. The largest absolute Gasteiger partial charge is 0.484 e. The van der Waals surface area contributed by atoms with E-state index in [1.807, 2.05) is 13.8 Å². The van der Waals surface area contributed by atoms with Gasteiger partial charge in [0.1, 0.15) is 17.6 Å². The topological polar surface area (TPSA) is 114 Å². The predicted octanol–water partition coefficient (Wildman–Crippen LogP) is 5.01. The number of hydrogen-bond acceptors (Lipinski definition) is 6. The average Bonchev–Trinajstić information content (AvgIpc) is 2.96. The summed E-state index contributed by atoms with van der Waals surface area (Å²) in [7, 11) is -3.93. The Balaban J connectivity index is 1.63. The van der Waals surface area contributed by atoms with Gasteiger partial charge in [-0.05, 0) is 93.4 Å². The van der Waals surface area contributed by atoms with Crippen LogP contribution in [0.15, 0.2) is 77.7 Å². The number of rotatable bonds is 15. The highest BCUT2D eigenvalue weighted by Crippen LogP contribution is 2.20. The number of benzene rings is 3. The Morgan fingerprint density at radius 3 is 2.21 bits per heavy atom. The van der Waals surface area contributed by atoms with Crippen LogP contribution in [0.4, 0.5) is 10.1 Å². The van der Waals surface area contributed by atoms with Gasteiger partial charge in [-0.3, -0.25) is 14.3 Å². The molecule has 0 aliphatic rings. The summed E-state index contributed by atoms with van der Waals surface area (Å²) in [6, 6.07) is 16.6. The fourth-order valence-corrected chi connectivity index (χ4v) is 4.98. The molecule has 226 valence electrons. The van der Waals surface area contributed by atoms with Crippen LogP contribution in [0.1, 0.15) is 32.8 Å². The standard InChI is InChI=1S/C30H35ClFN3O6S/c1-21(2)40-18-4-17-33-30(37)22(3)35(19-23-5-7-24(31)8-6-23)29(36)20-41-27-13-15-28(16-14-27)42(38,39)34-26-11-9-25(32)10-12-26/h5-16,21-22,34H,4,17-20H2,1-3H3,(H,33,37)/t22-/m0/s1. The third-order valence-corrected chi connectivity index (χ3v) is 7.75.